The molecule has 3 aromatic rings. The number of likely N-dealkylation sites (N-methyl/N-ethyl adjacent to an activating group) is 1. The zero-order chi connectivity index (χ0) is 20.5. The quantitative estimate of drug-likeness (QED) is 0.599. The Hall–Kier alpha value is -2.22. The summed E-state index contributed by atoms with van der Waals surface area (Å²) in [6.07, 6.45) is 0.344. The van der Waals surface area contributed by atoms with Crippen molar-refractivity contribution in [1.29, 1.82) is 0 Å². The van der Waals surface area contributed by atoms with E-state index in [1.807, 2.05) is 26.8 Å². The molecular weight excluding hydrogens is 398 g/mol. The van der Waals surface area contributed by atoms with E-state index >= 15 is 0 Å². The van der Waals surface area contributed by atoms with E-state index in [-0.39, 0.29) is 6.54 Å². The maximum Gasteiger partial charge on any atom is 0.257 e. The van der Waals surface area contributed by atoms with Crippen LogP contribution in [0.1, 0.15) is 22.5 Å². The minimum atomic E-state index is -3.60. The Labute approximate surface area is 170 Å². The molecule has 148 valence electrons. The van der Waals surface area contributed by atoms with Crippen molar-refractivity contribution in [2.24, 2.45) is 0 Å². The molecule has 0 aliphatic carbocycles. The van der Waals surface area contributed by atoms with E-state index < -0.39 is 10.0 Å². The van der Waals surface area contributed by atoms with E-state index in [0.29, 0.717) is 28.1 Å². The van der Waals surface area contributed by atoms with Gasteiger partial charge in [0.2, 0.25) is 10.0 Å². The average molecular weight is 420 g/mol. The molecule has 0 unspecified atom stereocenters. The first-order valence-corrected chi connectivity index (χ1v) is 10.6. The highest BCUT2D eigenvalue weighted by molar-refractivity contribution is 7.89. The molecule has 0 atom stereocenters. The summed E-state index contributed by atoms with van der Waals surface area (Å²) in [5.74, 6) is 0.825. The number of nitrogens with zero attached hydrogens (tertiary/aromatic N) is 3. The molecule has 8 heteroatoms. The Kier molecular flexibility index (Phi) is 5.88. The minimum absolute atomic E-state index is 0.244. The van der Waals surface area contributed by atoms with E-state index in [1.165, 1.54) is 4.31 Å². The van der Waals surface area contributed by atoms with Crippen molar-refractivity contribution in [3.63, 3.8) is 0 Å². The van der Waals surface area contributed by atoms with Gasteiger partial charge in [-0.15, -0.1) is 0 Å². The summed E-state index contributed by atoms with van der Waals surface area (Å²) < 4.78 is 32.5. The molecule has 0 spiro atoms. The Morgan fingerprint density at radius 3 is 2.36 bits per heavy atom. The standard InChI is InChI=1S/C20H22ClN3O3S/c1-13-11-15(3)18(12-14(13)2)28(25,26)24(4)10-9-19-22-20(27-23-19)16-5-7-17(21)8-6-16/h5-8,11-12H,9-10H2,1-4H3. The largest absolute Gasteiger partial charge is 0.334 e. The van der Waals surface area contributed by atoms with Crippen molar-refractivity contribution in [3.05, 3.63) is 63.9 Å². The van der Waals surface area contributed by atoms with E-state index in [0.717, 1.165) is 22.3 Å². The lowest BCUT2D eigenvalue weighted by atomic mass is 10.1. The normalized spacial score (nSPS) is 11.9. The van der Waals surface area contributed by atoms with Crippen molar-refractivity contribution in [2.75, 3.05) is 13.6 Å². The molecule has 0 radical (unpaired) electrons. The van der Waals surface area contributed by atoms with Gasteiger partial charge in [0.25, 0.3) is 5.89 Å². The van der Waals surface area contributed by atoms with Crippen molar-refractivity contribution in [2.45, 2.75) is 32.1 Å². The van der Waals surface area contributed by atoms with Crippen LogP contribution in [0.15, 0.2) is 45.8 Å². The second kappa shape index (κ2) is 8.03. The number of hydrogen-bond donors (Lipinski definition) is 0. The topological polar surface area (TPSA) is 76.3 Å². The maximum atomic E-state index is 12.9. The summed E-state index contributed by atoms with van der Waals surface area (Å²) in [6, 6.07) is 10.7. The van der Waals surface area contributed by atoms with Crippen LogP contribution in [0.4, 0.5) is 0 Å². The van der Waals surface area contributed by atoms with Crippen LogP contribution in [0.25, 0.3) is 11.5 Å². The molecule has 0 saturated heterocycles. The van der Waals surface area contributed by atoms with Crippen LogP contribution in [0, 0.1) is 20.8 Å². The van der Waals surface area contributed by atoms with Crippen molar-refractivity contribution < 1.29 is 12.9 Å². The smallest absolute Gasteiger partial charge is 0.257 e. The summed E-state index contributed by atoms with van der Waals surface area (Å²) in [5.41, 5.74) is 3.51. The van der Waals surface area contributed by atoms with Crippen LogP contribution < -0.4 is 0 Å². The summed E-state index contributed by atoms with van der Waals surface area (Å²) in [7, 11) is -2.04. The Morgan fingerprint density at radius 2 is 1.68 bits per heavy atom. The van der Waals surface area contributed by atoms with Crippen molar-refractivity contribution in [1.82, 2.24) is 14.4 Å². The highest BCUT2D eigenvalue weighted by Gasteiger charge is 2.24. The minimum Gasteiger partial charge on any atom is -0.334 e. The van der Waals surface area contributed by atoms with Crippen molar-refractivity contribution in [3.8, 4) is 11.5 Å². The van der Waals surface area contributed by atoms with Crippen LogP contribution in [-0.4, -0.2) is 36.5 Å². The number of sulfonamides is 1. The molecule has 2 aromatic carbocycles. The lowest BCUT2D eigenvalue weighted by Crippen LogP contribution is -2.30. The van der Waals surface area contributed by atoms with Gasteiger partial charge in [0.15, 0.2) is 5.82 Å². The number of halogens is 1. The zero-order valence-corrected chi connectivity index (χ0v) is 17.8. The van der Waals surface area contributed by atoms with E-state index in [2.05, 4.69) is 10.1 Å². The molecule has 0 saturated carbocycles. The fourth-order valence-corrected chi connectivity index (χ4v) is 4.41. The van der Waals surface area contributed by atoms with Gasteiger partial charge in [0.05, 0.1) is 4.90 Å². The van der Waals surface area contributed by atoms with E-state index in [9.17, 15) is 8.42 Å². The first-order valence-electron chi connectivity index (χ1n) is 8.81. The number of aromatic nitrogens is 2. The van der Waals surface area contributed by atoms with E-state index in [1.54, 1.807) is 37.4 Å². The van der Waals surface area contributed by atoms with Crippen LogP contribution in [0.2, 0.25) is 5.02 Å². The van der Waals surface area contributed by atoms with Gasteiger partial charge in [0.1, 0.15) is 0 Å². The van der Waals surface area contributed by atoms with Crippen LogP contribution in [-0.2, 0) is 16.4 Å². The summed E-state index contributed by atoms with van der Waals surface area (Å²) in [5, 5.41) is 4.57. The Bertz CT molecular complexity index is 1090. The second-order valence-electron chi connectivity index (χ2n) is 6.80. The molecule has 1 aromatic heterocycles. The molecule has 0 fully saturated rings. The number of hydrogen-bond acceptors (Lipinski definition) is 5. The first-order chi connectivity index (χ1) is 13.2. The van der Waals surface area contributed by atoms with Crippen LogP contribution >= 0.6 is 11.6 Å². The van der Waals surface area contributed by atoms with Gasteiger partial charge in [-0.25, -0.2) is 12.7 Å². The lowest BCUT2D eigenvalue weighted by molar-refractivity contribution is 0.415. The molecule has 0 bridgehead atoms. The maximum absolute atomic E-state index is 12.9. The van der Waals surface area contributed by atoms with Gasteiger partial charge in [0, 0.05) is 30.6 Å². The Balaban J connectivity index is 1.72. The van der Waals surface area contributed by atoms with Crippen molar-refractivity contribution >= 4 is 21.6 Å². The molecule has 0 amide bonds. The van der Waals surface area contributed by atoms with E-state index in [4.69, 9.17) is 16.1 Å². The van der Waals surface area contributed by atoms with Gasteiger partial charge < -0.3 is 4.52 Å². The number of benzene rings is 2. The highest BCUT2D eigenvalue weighted by Crippen LogP contribution is 2.23. The zero-order valence-electron chi connectivity index (χ0n) is 16.2. The molecule has 0 aliphatic heterocycles. The third kappa shape index (κ3) is 4.27. The third-order valence-electron chi connectivity index (χ3n) is 4.69. The fraction of sp³-hybridized carbons (Fsp3) is 0.300. The third-order valence-corrected chi connectivity index (χ3v) is 6.94. The molecular formula is C20H22ClN3O3S. The molecule has 1 heterocycles. The summed E-state index contributed by atoms with van der Waals surface area (Å²) in [4.78, 5) is 4.66. The second-order valence-corrected chi connectivity index (χ2v) is 9.25. The van der Waals surface area contributed by atoms with Gasteiger partial charge in [-0.2, -0.15) is 4.98 Å². The first kappa shape index (κ1) is 20.5. The monoisotopic (exact) mass is 419 g/mol. The Morgan fingerprint density at radius 1 is 1.04 bits per heavy atom. The fourth-order valence-electron chi connectivity index (χ4n) is 2.82. The molecule has 6 nitrogen and oxygen atoms in total. The lowest BCUT2D eigenvalue weighted by Gasteiger charge is -2.19. The van der Waals surface area contributed by atoms with Gasteiger partial charge in [-0.1, -0.05) is 22.8 Å². The molecule has 3 rings (SSSR count). The van der Waals surface area contributed by atoms with Gasteiger partial charge >= 0.3 is 0 Å². The summed E-state index contributed by atoms with van der Waals surface area (Å²) >= 11 is 5.88. The average Bonchev–Trinajstić information content (AvgIpc) is 3.12. The SMILES string of the molecule is Cc1cc(C)c(S(=O)(=O)N(C)CCc2noc(-c3ccc(Cl)cc3)n2)cc1C. The predicted molar refractivity (Wildman–Crippen MR) is 109 cm³/mol. The summed E-state index contributed by atoms with van der Waals surface area (Å²) in [6.45, 7) is 5.93. The molecule has 28 heavy (non-hydrogen) atoms. The van der Waals surface area contributed by atoms with Crippen LogP contribution in [0.5, 0.6) is 0 Å². The van der Waals surface area contributed by atoms with Crippen LogP contribution in [0.3, 0.4) is 0 Å². The molecule has 0 N–H and O–H groups in total. The molecule has 0 aliphatic rings. The van der Waals surface area contributed by atoms with Gasteiger partial charge in [-0.3, -0.25) is 0 Å². The van der Waals surface area contributed by atoms with Gasteiger partial charge in [-0.05, 0) is 67.8 Å². The highest BCUT2D eigenvalue weighted by atomic mass is 35.5. The number of aryl methyl sites for hydroxylation is 3. The number of rotatable bonds is 6. The predicted octanol–water partition coefficient (Wildman–Crippen LogP) is 4.18.